The highest BCUT2D eigenvalue weighted by Gasteiger charge is 2.22. The molecule has 0 aliphatic heterocycles. The van der Waals surface area contributed by atoms with E-state index in [0.29, 0.717) is 0 Å². The minimum absolute atomic E-state index is 0.248. The first-order valence-electron chi connectivity index (χ1n) is 6.09. The lowest BCUT2D eigenvalue weighted by atomic mass is 9.77. The van der Waals surface area contributed by atoms with E-state index in [1.165, 1.54) is 24.0 Å². The predicted molar refractivity (Wildman–Crippen MR) is 70.4 cm³/mol. The van der Waals surface area contributed by atoms with Crippen molar-refractivity contribution in [2.75, 3.05) is 0 Å². The number of hydrogen-bond donors (Lipinski definition) is 0. The lowest BCUT2D eigenvalue weighted by Crippen LogP contribution is -2.18. The zero-order valence-electron chi connectivity index (χ0n) is 10.2. The average molecular weight is 212 g/mol. The Balaban J connectivity index is 2.14. The van der Waals surface area contributed by atoms with Crippen molar-refractivity contribution in [3.05, 3.63) is 59.7 Å². The van der Waals surface area contributed by atoms with Crippen molar-refractivity contribution in [1.29, 1.82) is 0 Å². The summed E-state index contributed by atoms with van der Waals surface area (Å²) >= 11 is 0. The fourth-order valence-corrected chi connectivity index (χ4v) is 2.32. The van der Waals surface area contributed by atoms with Crippen LogP contribution in [0.15, 0.2) is 54.1 Å². The molecule has 0 N–H and O–H groups in total. The molecule has 0 atom stereocenters. The maximum atomic E-state index is 2.39. The highest BCUT2D eigenvalue weighted by atomic mass is 14.3. The van der Waals surface area contributed by atoms with Crippen LogP contribution in [0.4, 0.5) is 0 Å². The van der Waals surface area contributed by atoms with E-state index >= 15 is 0 Å². The minimum atomic E-state index is 0.248. The standard InChI is InChI=1S/C16H20/c1-16(2,15-11-7-4-8-12-15)13-14-9-5-3-6-10-14/h3,5-7,9-12H,4,8,13H2,1-2H3. The fourth-order valence-electron chi connectivity index (χ4n) is 2.32. The van der Waals surface area contributed by atoms with E-state index in [9.17, 15) is 0 Å². The van der Waals surface area contributed by atoms with E-state index in [-0.39, 0.29) is 5.41 Å². The normalized spacial score (nSPS) is 16.0. The largest absolute Gasteiger partial charge is 0.0839 e. The van der Waals surface area contributed by atoms with Gasteiger partial charge < -0.3 is 0 Å². The van der Waals surface area contributed by atoms with Gasteiger partial charge in [0.15, 0.2) is 0 Å². The van der Waals surface area contributed by atoms with E-state index in [1.54, 1.807) is 0 Å². The van der Waals surface area contributed by atoms with Gasteiger partial charge in [0.1, 0.15) is 0 Å². The molecule has 0 amide bonds. The number of rotatable bonds is 3. The quantitative estimate of drug-likeness (QED) is 0.690. The molecule has 0 aromatic heterocycles. The van der Waals surface area contributed by atoms with Gasteiger partial charge in [-0.2, -0.15) is 0 Å². The van der Waals surface area contributed by atoms with Crippen molar-refractivity contribution >= 4 is 0 Å². The monoisotopic (exact) mass is 212 g/mol. The first-order valence-corrected chi connectivity index (χ1v) is 6.09. The molecule has 0 nitrogen and oxygen atoms in total. The molecule has 0 saturated carbocycles. The molecule has 0 radical (unpaired) electrons. The number of benzene rings is 1. The van der Waals surface area contributed by atoms with Crippen molar-refractivity contribution in [3.8, 4) is 0 Å². The summed E-state index contributed by atoms with van der Waals surface area (Å²) < 4.78 is 0. The Hall–Kier alpha value is -1.30. The second kappa shape index (κ2) is 4.69. The van der Waals surface area contributed by atoms with Crippen LogP contribution in [0.5, 0.6) is 0 Å². The van der Waals surface area contributed by atoms with Gasteiger partial charge in [-0.25, -0.2) is 0 Å². The minimum Gasteiger partial charge on any atom is -0.0839 e. The van der Waals surface area contributed by atoms with E-state index in [1.807, 2.05) is 0 Å². The molecule has 16 heavy (non-hydrogen) atoms. The van der Waals surface area contributed by atoms with Crippen LogP contribution in [0.25, 0.3) is 0 Å². The molecule has 2 rings (SSSR count). The summed E-state index contributed by atoms with van der Waals surface area (Å²) in [6.07, 6.45) is 10.5. The first kappa shape index (κ1) is 11.2. The first-order chi connectivity index (χ1) is 7.68. The van der Waals surface area contributed by atoms with Crippen molar-refractivity contribution in [3.63, 3.8) is 0 Å². The van der Waals surface area contributed by atoms with Crippen molar-refractivity contribution in [1.82, 2.24) is 0 Å². The molecule has 0 bridgehead atoms. The van der Waals surface area contributed by atoms with Crippen molar-refractivity contribution in [2.24, 2.45) is 5.41 Å². The molecule has 84 valence electrons. The van der Waals surface area contributed by atoms with Crippen LogP contribution < -0.4 is 0 Å². The summed E-state index contributed by atoms with van der Waals surface area (Å²) in [5, 5.41) is 0. The Morgan fingerprint density at radius 2 is 1.81 bits per heavy atom. The summed E-state index contributed by atoms with van der Waals surface area (Å²) in [6, 6.07) is 10.8. The smallest absolute Gasteiger partial charge is 0.00665 e. The van der Waals surface area contributed by atoms with Gasteiger partial charge in [0.2, 0.25) is 0 Å². The second-order valence-corrected chi connectivity index (χ2v) is 5.19. The zero-order valence-corrected chi connectivity index (χ0v) is 10.2. The maximum absolute atomic E-state index is 2.39. The lowest BCUT2D eigenvalue weighted by molar-refractivity contribution is 0.451. The Bertz CT molecular complexity index is 393. The molecule has 0 unspecified atom stereocenters. The fraction of sp³-hybridized carbons (Fsp3) is 0.375. The summed E-state index contributed by atoms with van der Waals surface area (Å²) in [6.45, 7) is 4.67. The molecule has 0 spiro atoms. The molecule has 1 aliphatic carbocycles. The summed E-state index contributed by atoms with van der Waals surface area (Å²) in [5.41, 5.74) is 3.16. The third-order valence-electron chi connectivity index (χ3n) is 3.27. The van der Waals surface area contributed by atoms with Crippen LogP contribution in [0, 0.1) is 5.41 Å². The highest BCUT2D eigenvalue weighted by Crippen LogP contribution is 2.33. The summed E-state index contributed by atoms with van der Waals surface area (Å²) in [7, 11) is 0. The van der Waals surface area contributed by atoms with Gasteiger partial charge in [0.05, 0.1) is 0 Å². The predicted octanol–water partition coefficient (Wildman–Crippen LogP) is 4.53. The maximum Gasteiger partial charge on any atom is -0.00665 e. The molecule has 0 heterocycles. The van der Waals surface area contributed by atoms with Gasteiger partial charge >= 0.3 is 0 Å². The third kappa shape index (κ3) is 2.63. The van der Waals surface area contributed by atoms with Gasteiger partial charge in [-0.3, -0.25) is 0 Å². The molecule has 1 aromatic carbocycles. The number of hydrogen-bond acceptors (Lipinski definition) is 0. The topological polar surface area (TPSA) is 0 Å². The van der Waals surface area contributed by atoms with Crippen LogP contribution in [-0.4, -0.2) is 0 Å². The Labute approximate surface area is 98.7 Å². The molecule has 0 fully saturated rings. The molecule has 1 aliphatic rings. The van der Waals surface area contributed by atoms with Crippen LogP contribution in [0.1, 0.15) is 32.3 Å². The summed E-state index contributed by atoms with van der Waals surface area (Å²) in [5.74, 6) is 0. The van der Waals surface area contributed by atoms with Crippen molar-refractivity contribution < 1.29 is 0 Å². The molecule has 1 aromatic rings. The average Bonchev–Trinajstić information content (AvgIpc) is 2.31. The molecular formula is C16H20. The van der Waals surface area contributed by atoms with E-state index in [2.05, 4.69) is 62.4 Å². The van der Waals surface area contributed by atoms with E-state index in [4.69, 9.17) is 0 Å². The summed E-state index contributed by atoms with van der Waals surface area (Å²) in [4.78, 5) is 0. The second-order valence-electron chi connectivity index (χ2n) is 5.19. The molecule has 0 saturated heterocycles. The lowest BCUT2D eigenvalue weighted by Gasteiger charge is -2.28. The third-order valence-corrected chi connectivity index (χ3v) is 3.27. The molecular weight excluding hydrogens is 192 g/mol. The van der Waals surface area contributed by atoms with Gasteiger partial charge in [-0.1, -0.05) is 62.4 Å². The SMILES string of the molecule is CC(C)(Cc1ccccc1)C1=CCCC=C1. The van der Waals surface area contributed by atoms with Gasteiger partial charge in [0.25, 0.3) is 0 Å². The van der Waals surface area contributed by atoms with E-state index in [0.717, 1.165) is 6.42 Å². The van der Waals surface area contributed by atoms with E-state index < -0.39 is 0 Å². The Morgan fingerprint density at radius 3 is 2.44 bits per heavy atom. The number of allylic oxidation sites excluding steroid dienone is 4. The van der Waals surface area contributed by atoms with Crippen LogP contribution in [-0.2, 0) is 6.42 Å². The van der Waals surface area contributed by atoms with Crippen molar-refractivity contribution in [2.45, 2.75) is 33.1 Å². The van der Waals surface area contributed by atoms with Gasteiger partial charge in [-0.15, -0.1) is 0 Å². The van der Waals surface area contributed by atoms with Gasteiger partial charge in [0, 0.05) is 0 Å². The Morgan fingerprint density at radius 1 is 1.06 bits per heavy atom. The van der Waals surface area contributed by atoms with Crippen LogP contribution >= 0.6 is 0 Å². The zero-order chi connectivity index (χ0) is 11.4. The van der Waals surface area contributed by atoms with Crippen LogP contribution in [0.3, 0.4) is 0 Å². The van der Waals surface area contributed by atoms with Gasteiger partial charge in [-0.05, 0) is 35.8 Å². The highest BCUT2D eigenvalue weighted by molar-refractivity contribution is 5.31. The van der Waals surface area contributed by atoms with Crippen LogP contribution in [0.2, 0.25) is 0 Å². The Kier molecular flexibility index (Phi) is 3.28. The molecule has 0 heteroatoms.